The quantitative estimate of drug-likeness (QED) is 0.170. The zero-order chi connectivity index (χ0) is 39.1. The first-order valence-electron chi connectivity index (χ1n) is 20.4. The Labute approximate surface area is 342 Å². The van der Waals surface area contributed by atoms with Gasteiger partial charge in [0.15, 0.2) is 17.5 Å². The van der Waals surface area contributed by atoms with Gasteiger partial charge in [0.1, 0.15) is 0 Å². The zero-order valence-corrected chi connectivity index (χ0v) is 32.5. The molecule has 0 saturated carbocycles. The minimum absolute atomic E-state index is 0.575. The number of pyridine rings is 1. The first-order valence-corrected chi connectivity index (χ1v) is 20.4. The molecule has 7 aromatic carbocycles. The molecule has 0 fully saturated rings. The lowest BCUT2D eigenvalue weighted by atomic mass is 9.70. The molecule has 5 nitrogen and oxygen atoms in total. The molecule has 10 aromatic rings. The number of rotatable bonds is 6. The highest BCUT2D eigenvalue weighted by molar-refractivity contribution is 6.09. The highest BCUT2D eigenvalue weighted by Crippen LogP contribution is 2.63. The van der Waals surface area contributed by atoms with Gasteiger partial charge in [-0.1, -0.05) is 153 Å². The standard InChI is InChI=1S/C54H37N5/c1-2-12-34-21-23-36(24-22-34)52-56-51(35-13-4-3-5-14-35)57-53(58-52)37-25-27-41-39-15-6-9-18-45(39)54(47(41)31-37)46-19-10-7-16-40(46)42-28-26-38(32-48(42)54)59-49-20-11-8-17-43(49)44-29-30-55-33-50(44)59/h3-11,13-33H,2,12H2,1H3. The monoisotopic (exact) mass is 755 g/mol. The molecular weight excluding hydrogens is 719 g/mol. The number of nitrogens with zero attached hydrogens (tertiary/aromatic N) is 5. The summed E-state index contributed by atoms with van der Waals surface area (Å²) < 4.78 is 2.37. The van der Waals surface area contributed by atoms with Crippen LogP contribution in [0.3, 0.4) is 0 Å². The number of hydrogen-bond donors (Lipinski definition) is 0. The summed E-state index contributed by atoms with van der Waals surface area (Å²) in [7, 11) is 0. The fourth-order valence-corrected chi connectivity index (χ4v) is 9.96. The van der Waals surface area contributed by atoms with Gasteiger partial charge in [0.25, 0.3) is 0 Å². The van der Waals surface area contributed by atoms with Gasteiger partial charge in [-0.3, -0.25) is 4.98 Å². The van der Waals surface area contributed by atoms with Gasteiger partial charge >= 0.3 is 0 Å². The van der Waals surface area contributed by atoms with E-state index < -0.39 is 5.41 Å². The molecule has 0 N–H and O–H groups in total. The first-order chi connectivity index (χ1) is 29.2. The van der Waals surface area contributed by atoms with Gasteiger partial charge in [0, 0.05) is 39.3 Å². The van der Waals surface area contributed by atoms with Crippen molar-refractivity contribution in [3.8, 4) is 62.1 Å². The van der Waals surface area contributed by atoms with Gasteiger partial charge in [-0.05, 0) is 86.8 Å². The molecule has 0 saturated heterocycles. The van der Waals surface area contributed by atoms with Crippen LogP contribution in [-0.4, -0.2) is 24.5 Å². The lowest BCUT2D eigenvalue weighted by Gasteiger charge is -2.31. The van der Waals surface area contributed by atoms with Crippen LogP contribution in [-0.2, 0) is 11.8 Å². The summed E-state index contributed by atoms with van der Waals surface area (Å²) >= 11 is 0. The lowest BCUT2D eigenvalue weighted by molar-refractivity contribution is 0.792. The molecule has 5 heteroatoms. The molecular formula is C54H37N5. The Bertz CT molecular complexity index is 3220. The summed E-state index contributed by atoms with van der Waals surface area (Å²) in [5, 5.41) is 2.41. The largest absolute Gasteiger partial charge is 0.308 e. The summed E-state index contributed by atoms with van der Waals surface area (Å²) in [5.74, 6) is 1.97. The smallest absolute Gasteiger partial charge is 0.164 e. The van der Waals surface area contributed by atoms with Crippen molar-refractivity contribution >= 4 is 21.8 Å². The molecule has 0 amide bonds. The van der Waals surface area contributed by atoms with Crippen molar-refractivity contribution in [2.75, 3.05) is 0 Å². The molecule has 3 aromatic heterocycles. The van der Waals surface area contributed by atoms with Crippen LogP contribution in [0.15, 0.2) is 182 Å². The first kappa shape index (κ1) is 33.6. The number of aromatic nitrogens is 5. The highest BCUT2D eigenvalue weighted by Gasteiger charge is 2.52. The molecule has 1 atom stereocenters. The van der Waals surface area contributed by atoms with Gasteiger partial charge in [0.05, 0.1) is 22.6 Å². The van der Waals surface area contributed by atoms with E-state index in [4.69, 9.17) is 15.0 Å². The molecule has 12 rings (SSSR count). The Morgan fingerprint density at radius 3 is 1.75 bits per heavy atom. The second kappa shape index (κ2) is 13.0. The van der Waals surface area contributed by atoms with Crippen LogP contribution in [0.4, 0.5) is 0 Å². The Hall–Kier alpha value is -7.50. The third kappa shape index (κ3) is 4.91. The molecule has 0 bridgehead atoms. The normalized spacial score (nSPS) is 14.7. The molecule has 1 spiro atoms. The van der Waals surface area contributed by atoms with Crippen LogP contribution in [0.2, 0.25) is 0 Å². The van der Waals surface area contributed by atoms with Crippen LogP contribution >= 0.6 is 0 Å². The van der Waals surface area contributed by atoms with E-state index in [1.165, 1.54) is 60.8 Å². The zero-order valence-electron chi connectivity index (χ0n) is 32.5. The van der Waals surface area contributed by atoms with Gasteiger partial charge in [-0.2, -0.15) is 0 Å². The molecule has 0 radical (unpaired) electrons. The van der Waals surface area contributed by atoms with Crippen molar-refractivity contribution in [1.29, 1.82) is 0 Å². The number of para-hydroxylation sites is 1. The summed E-state index contributed by atoms with van der Waals surface area (Å²) in [6.45, 7) is 2.21. The van der Waals surface area contributed by atoms with Crippen LogP contribution in [0.25, 0.3) is 83.9 Å². The van der Waals surface area contributed by atoms with E-state index in [0.29, 0.717) is 17.5 Å². The average molecular weight is 756 g/mol. The lowest BCUT2D eigenvalue weighted by Crippen LogP contribution is -2.26. The summed E-state index contributed by atoms with van der Waals surface area (Å²) in [6.07, 6.45) is 6.02. The number of aryl methyl sites for hydroxylation is 1. The van der Waals surface area contributed by atoms with Crippen molar-refractivity contribution in [3.05, 3.63) is 210 Å². The maximum Gasteiger partial charge on any atom is 0.164 e. The summed E-state index contributed by atoms with van der Waals surface area (Å²) in [6, 6.07) is 61.5. The Kier molecular flexibility index (Phi) is 7.42. The fourth-order valence-electron chi connectivity index (χ4n) is 9.96. The van der Waals surface area contributed by atoms with E-state index in [0.717, 1.165) is 46.3 Å². The molecule has 2 aliphatic carbocycles. The van der Waals surface area contributed by atoms with Crippen LogP contribution in [0.1, 0.15) is 41.2 Å². The minimum Gasteiger partial charge on any atom is -0.308 e. The molecule has 3 heterocycles. The fraction of sp³-hybridized carbons (Fsp3) is 0.0741. The molecule has 59 heavy (non-hydrogen) atoms. The third-order valence-corrected chi connectivity index (χ3v) is 12.5. The molecule has 2 aliphatic rings. The van der Waals surface area contributed by atoms with E-state index in [1.807, 2.05) is 30.6 Å². The maximum atomic E-state index is 5.23. The van der Waals surface area contributed by atoms with Gasteiger partial charge in [-0.15, -0.1) is 0 Å². The van der Waals surface area contributed by atoms with E-state index in [2.05, 4.69) is 168 Å². The maximum absolute atomic E-state index is 5.23. The Morgan fingerprint density at radius 1 is 0.458 bits per heavy atom. The minimum atomic E-state index is -0.575. The van der Waals surface area contributed by atoms with E-state index in [9.17, 15) is 0 Å². The van der Waals surface area contributed by atoms with Gasteiger partial charge in [0.2, 0.25) is 0 Å². The topological polar surface area (TPSA) is 56.5 Å². The molecule has 0 aliphatic heterocycles. The second-order valence-corrected chi connectivity index (χ2v) is 15.7. The summed E-state index contributed by atoms with van der Waals surface area (Å²) in [5.41, 5.74) is 17.0. The predicted molar refractivity (Wildman–Crippen MR) is 239 cm³/mol. The van der Waals surface area contributed by atoms with Crippen molar-refractivity contribution in [3.63, 3.8) is 0 Å². The average Bonchev–Trinajstić information content (AvgIpc) is 3.91. The predicted octanol–water partition coefficient (Wildman–Crippen LogP) is 12.7. The van der Waals surface area contributed by atoms with Gasteiger partial charge < -0.3 is 4.57 Å². The highest BCUT2D eigenvalue weighted by atomic mass is 15.0. The number of hydrogen-bond acceptors (Lipinski definition) is 4. The number of fused-ring (bicyclic) bond motifs is 13. The van der Waals surface area contributed by atoms with E-state index >= 15 is 0 Å². The SMILES string of the molecule is CCCc1ccc(-c2nc(-c3ccccc3)nc(-c3ccc4c(c3)C3(c5ccccc5-4)c4ccccc4-c4ccc(-n5c6ccccc6c6ccncc65)cc43)n2)cc1. The second-order valence-electron chi connectivity index (χ2n) is 15.7. The summed E-state index contributed by atoms with van der Waals surface area (Å²) in [4.78, 5) is 20.1. The van der Waals surface area contributed by atoms with E-state index in [1.54, 1.807) is 0 Å². The van der Waals surface area contributed by atoms with Crippen molar-refractivity contribution < 1.29 is 0 Å². The molecule has 278 valence electrons. The molecule has 1 unspecified atom stereocenters. The number of benzene rings is 7. The van der Waals surface area contributed by atoms with Crippen molar-refractivity contribution in [2.24, 2.45) is 0 Å². The van der Waals surface area contributed by atoms with Crippen LogP contribution in [0, 0.1) is 0 Å². The van der Waals surface area contributed by atoms with E-state index in [-0.39, 0.29) is 0 Å². The van der Waals surface area contributed by atoms with Crippen LogP contribution < -0.4 is 0 Å². The third-order valence-electron chi connectivity index (χ3n) is 12.5. The van der Waals surface area contributed by atoms with Gasteiger partial charge in [-0.25, -0.2) is 15.0 Å². The van der Waals surface area contributed by atoms with Crippen molar-refractivity contribution in [2.45, 2.75) is 25.2 Å². The van der Waals surface area contributed by atoms with Crippen molar-refractivity contribution in [1.82, 2.24) is 24.5 Å². The Morgan fingerprint density at radius 2 is 1.02 bits per heavy atom. The van der Waals surface area contributed by atoms with Crippen LogP contribution in [0.5, 0.6) is 0 Å². The Balaban J connectivity index is 1.11.